The van der Waals surface area contributed by atoms with Crippen molar-refractivity contribution in [3.05, 3.63) is 69.9 Å². The summed E-state index contributed by atoms with van der Waals surface area (Å²) in [6.07, 6.45) is 0. The molecule has 2 aromatic carbocycles. The molecule has 0 aliphatic rings. The van der Waals surface area contributed by atoms with Crippen LogP contribution in [0.2, 0.25) is 5.02 Å². The second kappa shape index (κ2) is 4.97. The molecule has 0 aliphatic heterocycles. The van der Waals surface area contributed by atoms with Gasteiger partial charge in [0, 0.05) is 16.5 Å². The third-order valence-corrected chi connectivity index (χ3v) is 3.58. The fraction of sp³-hybridized carbons (Fsp3) is 0.0625. The van der Waals surface area contributed by atoms with Gasteiger partial charge < -0.3 is 4.42 Å². The Hall–Kier alpha value is -2.20. The minimum absolute atomic E-state index is 0.0956. The van der Waals surface area contributed by atoms with Crippen molar-refractivity contribution in [3.63, 3.8) is 0 Å². The summed E-state index contributed by atoms with van der Waals surface area (Å²) in [5.41, 5.74) is 1.17. The summed E-state index contributed by atoms with van der Waals surface area (Å²) in [7, 11) is 0. The Morgan fingerprint density at radius 1 is 1.14 bits per heavy atom. The average Bonchev–Trinajstić information content (AvgIpc) is 2.78. The van der Waals surface area contributed by atoms with Crippen LogP contribution in [0.25, 0.3) is 11.0 Å². The monoisotopic (exact) mass is 306 g/mol. The molecule has 1 aromatic heterocycles. The summed E-state index contributed by atoms with van der Waals surface area (Å²) in [6.45, 7) is 1.67. The van der Waals surface area contributed by atoms with Gasteiger partial charge in [0.15, 0.2) is 5.76 Å². The molecule has 0 spiro atoms. The molecule has 0 atom stereocenters. The lowest BCUT2D eigenvalue weighted by atomic mass is 10.0. The number of ketones is 1. The maximum Gasteiger partial charge on any atom is 0.228 e. The Morgan fingerprint density at radius 2 is 1.90 bits per heavy atom. The molecule has 0 amide bonds. The maximum absolute atomic E-state index is 13.3. The number of benzene rings is 2. The number of rotatable bonds is 2. The Morgan fingerprint density at radius 3 is 2.62 bits per heavy atom. The van der Waals surface area contributed by atoms with E-state index >= 15 is 0 Å². The number of furan rings is 1. The van der Waals surface area contributed by atoms with Gasteiger partial charge in [0.1, 0.15) is 17.2 Å². The number of fused-ring (bicyclic) bond motifs is 1. The van der Waals surface area contributed by atoms with Gasteiger partial charge in [-0.25, -0.2) is 8.78 Å². The van der Waals surface area contributed by atoms with E-state index in [1.807, 2.05) is 0 Å². The highest BCUT2D eigenvalue weighted by molar-refractivity contribution is 6.31. The van der Waals surface area contributed by atoms with Crippen molar-refractivity contribution in [2.24, 2.45) is 0 Å². The predicted octanol–water partition coefficient (Wildman–Crippen LogP) is 4.90. The first kappa shape index (κ1) is 13.8. The molecule has 3 aromatic rings. The predicted molar refractivity (Wildman–Crippen MR) is 75.8 cm³/mol. The zero-order chi connectivity index (χ0) is 15.1. The first-order valence-corrected chi connectivity index (χ1v) is 6.53. The lowest BCUT2D eigenvalue weighted by molar-refractivity contribution is 0.101. The van der Waals surface area contributed by atoms with Gasteiger partial charge in [-0.2, -0.15) is 0 Å². The van der Waals surface area contributed by atoms with Gasteiger partial charge in [0.2, 0.25) is 5.78 Å². The maximum atomic E-state index is 13.3. The molecule has 106 valence electrons. The minimum Gasteiger partial charge on any atom is -0.452 e. The number of hydrogen-bond acceptors (Lipinski definition) is 2. The average molecular weight is 307 g/mol. The highest BCUT2D eigenvalue weighted by Crippen LogP contribution is 2.28. The minimum atomic E-state index is -0.600. The van der Waals surface area contributed by atoms with Gasteiger partial charge in [-0.15, -0.1) is 0 Å². The molecule has 0 unspecified atom stereocenters. The number of carbonyl (C=O) groups is 1. The van der Waals surface area contributed by atoms with Crippen LogP contribution in [0.1, 0.15) is 21.7 Å². The highest BCUT2D eigenvalue weighted by atomic mass is 35.5. The molecule has 0 fully saturated rings. The van der Waals surface area contributed by atoms with E-state index in [2.05, 4.69) is 0 Å². The van der Waals surface area contributed by atoms with Gasteiger partial charge in [0.05, 0.1) is 5.02 Å². The molecule has 3 rings (SSSR count). The Kier molecular flexibility index (Phi) is 3.26. The molecule has 1 heterocycles. The first-order valence-electron chi connectivity index (χ1n) is 6.16. The molecule has 0 bridgehead atoms. The summed E-state index contributed by atoms with van der Waals surface area (Å²) in [5.74, 6) is -1.34. The Balaban J connectivity index is 2.13. The number of hydrogen-bond donors (Lipinski definition) is 0. The lowest BCUT2D eigenvalue weighted by Crippen LogP contribution is -2.01. The van der Waals surface area contributed by atoms with Gasteiger partial charge in [-0.3, -0.25) is 4.79 Å². The molecule has 2 nitrogen and oxygen atoms in total. The molecule has 21 heavy (non-hydrogen) atoms. The summed E-state index contributed by atoms with van der Waals surface area (Å²) in [5, 5.41) is 0.396. The van der Waals surface area contributed by atoms with Gasteiger partial charge >= 0.3 is 0 Å². The van der Waals surface area contributed by atoms with Crippen LogP contribution >= 0.6 is 11.6 Å². The van der Waals surface area contributed by atoms with Crippen LogP contribution in [0, 0.1) is 18.6 Å². The number of carbonyl (C=O) groups excluding carboxylic acids is 1. The van der Waals surface area contributed by atoms with Crippen molar-refractivity contribution in [1.82, 2.24) is 0 Å². The summed E-state index contributed by atoms with van der Waals surface area (Å²) in [6, 6.07) is 7.72. The third kappa shape index (κ3) is 2.32. The van der Waals surface area contributed by atoms with Crippen molar-refractivity contribution in [1.29, 1.82) is 0 Å². The van der Waals surface area contributed by atoms with Crippen LogP contribution in [0.3, 0.4) is 0 Å². The normalized spacial score (nSPS) is 11.0. The van der Waals surface area contributed by atoms with Crippen LogP contribution in [0.15, 0.2) is 40.8 Å². The van der Waals surface area contributed by atoms with E-state index in [1.54, 1.807) is 6.92 Å². The first-order chi connectivity index (χ1) is 9.97. The largest absolute Gasteiger partial charge is 0.452 e. The van der Waals surface area contributed by atoms with Crippen molar-refractivity contribution in [3.8, 4) is 0 Å². The van der Waals surface area contributed by atoms with E-state index in [4.69, 9.17) is 16.0 Å². The van der Waals surface area contributed by atoms with Crippen molar-refractivity contribution in [2.45, 2.75) is 6.92 Å². The van der Waals surface area contributed by atoms with Crippen molar-refractivity contribution >= 4 is 28.4 Å². The van der Waals surface area contributed by atoms with E-state index in [0.717, 1.165) is 6.07 Å². The molecule has 0 saturated heterocycles. The lowest BCUT2D eigenvalue weighted by Gasteiger charge is -2.00. The SMILES string of the molecule is Cc1c(C(=O)c2ccc(F)c(Cl)c2)oc2ccc(F)cc12. The van der Waals surface area contributed by atoms with Crippen LogP contribution in [0.5, 0.6) is 0 Å². The summed E-state index contributed by atoms with van der Waals surface area (Å²) < 4.78 is 31.9. The van der Waals surface area contributed by atoms with Crippen LogP contribution < -0.4 is 0 Å². The molecular weight excluding hydrogens is 298 g/mol. The van der Waals surface area contributed by atoms with E-state index in [-0.39, 0.29) is 16.3 Å². The van der Waals surface area contributed by atoms with Crippen molar-refractivity contribution in [2.75, 3.05) is 0 Å². The van der Waals surface area contributed by atoms with E-state index in [1.165, 1.54) is 30.3 Å². The fourth-order valence-corrected chi connectivity index (χ4v) is 2.36. The second-order valence-corrected chi connectivity index (χ2v) is 5.06. The summed E-state index contributed by atoms with van der Waals surface area (Å²) >= 11 is 5.68. The van der Waals surface area contributed by atoms with E-state index in [0.29, 0.717) is 16.5 Å². The molecular formula is C16H9ClF2O2. The molecule has 0 aliphatic carbocycles. The highest BCUT2D eigenvalue weighted by Gasteiger charge is 2.20. The number of halogens is 3. The standard InChI is InChI=1S/C16H9ClF2O2/c1-8-11-7-10(18)3-5-14(11)21-16(8)15(20)9-2-4-13(19)12(17)6-9/h2-7H,1H3. The van der Waals surface area contributed by atoms with Crippen LogP contribution in [-0.2, 0) is 0 Å². The van der Waals surface area contributed by atoms with E-state index in [9.17, 15) is 13.6 Å². The Bertz CT molecular complexity index is 868. The topological polar surface area (TPSA) is 30.2 Å². The third-order valence-electron chi connectivity index (χ3n) is 3.29. The zero-order valence-corrected chi connectivity index (χ0v) is 11.7. The molecule has 0 N–H and O–H groups in total. The number of aryl methyl sites for hydroxylation is 1. The van der Waals surface area contributed by atoms with Crippen LogP contribution in [0.4, 0.5) is 8.78 Å². The molecule has 0 radical (unpaired) electrons. The Labute approximate surface area is 123 Å². The quantitative estimate of drug-likeness (QED) is 0.630. The second-order valence-electron chi connectivity index (χ2n) is 4.65. The zero-order valence-electron chi connectivity index (χ0n) is 10.9. The summed E-state index contributed by atoms with van der Waals surface area (Å²) in [4.78, 5) is 12.4. The van der Waals surface area contributed by atoms with E-state index < -0.39 is 17.4 Å². The molecule has 0 saturated carbocycles. The smallest absolute Gasteiger partial charge is 0.228 e. The van der Waals surface area contributed by atoms with Crippen LogP contribution in [-0.4, -0.2) is 5.78 Å². The van der Waals surface area contributed by atoms with Crippen molar-refractivity contribution < 1.29 is 18.0 Å². The van der Waals surface area contributed by atoms with Gasteiger partial charge in [-0.1, -0.05) is 11.6 Å². The fourth-order valence-electron chi connectivity index (χ4n) is 2.18. The molecule has 5 heteroatoms. The van der Waals surface area contributed by atoms with Gasteiger partial charge in [0.25, 0.3) is 0 Å². The van der Waals surface area contributed by atoms with Gasteiger partial charge in [-0.05, 0) is 43.3 Å².